The molecule has 0 bridgehead atoms. The molecule has 0 spiro atoms. The van der Waals surface area contributed by atoms with Gasteiger partial charge in [0, 0.05) is 17.7 Å². The molecular formula is C25H15N3O4. The first kappa shape index (κ1) is 18.1. The lowest BCUT2D eigenvalue weighted by Crippen LogP contribution is -2.18. The van der Waals surface area contributed by atoms with E-state index in [1.54, 1.807) is 6.21 Å². The minimum absolute atomic E-state index is 0.698. The predicted molar refractivity (Wildman–Crippen MR) is 117 cm³/mol. The van der Waals surface area contributed by atoms with E-state index in [1.165, 1.54) is 0 Å². The smallest absolute Gasteiger partial charge is 0.190 e. The minimum Gasteiger partial charge on any atom is -0.453 e. The molecule has 0 N–H and O–H groups in total. The molecular weight excluding hydrogens is 406 g/mol. The number of ether oxygens (including phenoxy) is 2. The Morgan fingerprint density at radius 1 is 0.531 bits per heavy atom. The molecule has 3 aliphatic heterocycles. The molecule has 3 heterocycles. The first-order valence-corrected chi connectivity index (χ1v) is 9.95. The number of fused-ring (bicyclic) bond motifs is 5. The zero-order valence-electron chi connectivity index (χ0n) is 16.6. The van der Waals surface area contributed by atoms with Crippen molar-refractivity contribution in [2.24, 2.45) is 15.1 Å². The topological polar surface area (TPSA) is 74.0 Å². The highest BCUT2D eigenvalue weighted by Gasteiger charge is 2.17. The summed E-state index contributed by atoms with van der Waals surface area (Å²) < 4.78 is 11.8. The average Bonchev–Trinajstić information content (AvgIpc) is 2.85. The lowest BCUT2D eigenvalue weighted by Gasteiger charge is -2.17. The van der Waals surface area contributed by atoms with Crippen LogP contribution in [-0.2, 0) is 4.99 Å². The summed E-state index contributed by atoms with van der Waals surface area (Å²) in [4.78, 5) is 18.3. The monoisotopic (exact) mass is 421 g/mol. The SMILES string of the molecule is C1=NOOc2ccccc21.c1ccc2c(c1)N=c1cc3c(cc1O2)=Nc1ccccc1O3. The summed E-state index contributed by atoms with van der Waals surface area (Å²) in [5, 5.41) is 4.98. The van der Waals surface area contributed by atoms with Crippen molar-refractivity contribution in [1.29, 1.82) is 0 Å². The second-order valence-electron chi connectivity index (χ2n) is 7.08. The molecule has 3 aliphatic rings. The molecule has 7 nitrogen and oxygen atoms in total. The molecule has 0 unspecified atom stereocenters. The molecule has 0 aliphatic carbocycles. The van der Waals surface area contributed by atoms with Crippen molar-refractivity contribution >= 4 is 17.6 Å². The number of para-hydroxylation sites is 5. The first-order chi connectivity index (χ1) is 15.8. The Labute approximate surface area is 182 Å². The highest BCUT2D eigenvalue weighted by atomic mass is 17.3. The van der Waals surface area contributed by atoms with Gasteiger partial charge >= 0.3 is 0 Å². The number of rotatable bonds is 0. The second-order valence-corrected chi connectivity index (χ2v) is 7.08. The standard InChI is InChI=1S/C18H10N2O2.C7H5NO2/c1-3-7-15-11(5-1)19-13-9-18-14(10-17(13)21-15)20-12-6-2-4-8-16(12)22-18;1-2-4-7-6(3-1)5-8-10-9-7/h1-10H;1-5H. The van der Waals surface area contributed by atoms with Gasteiger partial charge in [0.25, 0.3) is 0 Å². The molecule has 0 radical (unpaired) electrons. The lowest BCUT2D eigenvalue weighted by molar-refractivity contribution is -0.209. The summed E-state index contributed by atoms with van der Waals surface area (Å²) >= 11 is 0. The largest absolute Gasteiger partial charge is 0.453 e. The van der Waals surface area contributed by atoms with Gasteiger partial charge in [-0.3, -0.25) is 4.89 Å². The van der Waals surface area contributed by atoms with E-state index < -0.39 is 0 Å². The zero-order valence-corrected chi connectivity index (χ0v) is 16.6. The third kappa shape index (κ3) is 3.31. The minimum atomic E-state index is 0.698. The molecule has 7 rings (SSSR count). The predicted octanol–water partition coefficient (Wildman–Crippen LogP) is 5.15. The first-order valence-electron chi connectivity index (χ1n) is 9.95. The van der Waals surface area contributed by atoms with E-state index in [-0.39, 0.29) is 0 Å². The van der Waals surface area contributed by atoms with Gasteiger partial charge in [0.15, 0.2) is 28.7 Å². The maximum atomic E-state index is 5.92. The Balaban J connectivity index is 0.000000164. The summed E-state index contributed by atoms with van der Waals surface area (Å²) in [6.45, 7) is 0. The second kappa shape index (κ2) is 7.55. The van der Waals surface area contributed by atoms with Crippen molar-refractivity contribution in [3.05, 3.63) is 101 Å². The number of benzene rings is 4. The van der Waals surface area contributed by atoms with Crippen LogP contribution in [0.3, 0.4) is 0 Å². The van der Waals surface area contributed by atoms with Crippen LogP contribution < -0.4 is 25.1 Å². The van der Waals surface area contributed by atoms with E-state index in [0.29, 0.717) is 17.2 Å². The van der Waals surface area contributed by atoms with Gasteiger partial charge in [-0.1, -0.05) is 36.4 Å². The Morgan fingerprint density at radius 3 is 1.66 bits per heavy atom. The maximum Gasteiger partial charge on any atom is 0.190 e. The maximum absolute atomic E-state index is 5.92. The van der Waals surface area contributed by atoms with Gasteiger partial charge in [-0.2, -0.15) is 4.99 Å². The van der Waals surface area contributed by atoms with Crippen molar-refractivity contribution in [3.8, 4) is 28.7 Å². The van der Waals surface area contributed by atoms with Crippen LogP contribution in [0.5, 0.6) is 28.7 Å². The molecule has 0 saturated carbocycles. The summed E-state index contributed by atoms with van der Waals surface area (Å²) in [5.41, 5.74) is 2.58. The van der Waals surface area contributed by atoms with E-state index in [4.69, 9.17) is 14.4 Å². The van der Waals surface area contributed by atoms with Crippen molar-refractivity contribution in [2.75, 3.05) is 0 Å². The van der Waals surface area contributed by atoms with Crippen molar-refractivity contribution in [3.63, 3.8) is 0 Å². The normalized spacial score (nSPS) is 13.1. The van der Waals surface area contributed by atoms with Crippen LogP contribution in [0.4, 0.5) is 11.4 Å². The summed E-state index contributed by atoms with van der Waals surface area (Å²) in [5.74, 6) is 3.62. The fourth-order valence-corrected chi connectivity index (χ4v) is 3.45. The van der Waals surface area contributed by atoms with Crippen LogP contribution in [0.15, 0.2) is 100 Å². The molecule has 0 atom stereocenters. The highest BCUT2D eigenvalue weighted by Crippen LogP contribution is 2.36. The zero-order chi connectivity index (χ0) is 21.3. The van der Waals surface area contributed by atoms with Crippen LogP contribution in [0, 0.1) is 0 Å². The molecule has 4 aromatic carbocycles. The third-order valence-electron chi connectivity index (χ3n) is 4.97. The number of hydrogen-bond acceptors (Lipinski definition) is 7. The molecule has 0 amide bonds. The van der Waals surface area contributed by atoms with E-state index in [0.717, 1.165) is 39.2 Å². The molecule has 32 heavy (non-hydrogen) atoms. The summed E-state index contributed by atoms with van der Waals surface area (Å²) in [6, 6.07) is 26.7. The van der Waals surface area contributed by atoms with Crippen molar-refractivity contribution in [1.82, 2.24) is 0 Å². The van der Waals surface area contributed by atoms with Crippen molar-refractivity contribution < 1.29 is 19.3 Å². The van der Waals surface area contributed by atoms with Gasteiger partial charge in [0.1, 0.15) is 22.1 Å². The van der Waals surface area contributed by atoms with Gasteiger partial charge in [-0.15, -0.1) is 0 Å². The lowest BCUT2D eigenvalue weighted by atomic mass is 10.2. The fourth-order valence-electron chi connectivity index (χ4n) is 3.45. The highest BCUT2D eigenvalue weighted by molar-refractivity contribution is 5.83. The summed E-state index contributed by atoms with van der Waals surface area (Å²) in [7, 11) is 0. The summed E-state index contributed by atoms with van der Waals surface area (Å²) in [6.07, 6.45) is 1.61. The number of oxime groups is 1. The Bertz CT molecular complexity index is 1410. The Morgan fingerprint density at radius 2 is 1.06 bits per heavy atom. The van der Waals surface area contributed by atoms with Crippen LogP contribution in [0.25, 0.3) is 0 Å². The fraction of sp³-hybridized carbons (Fsp3) is 0. The van der Waals surface area contributed by atoms with Crippen LogP contribution in [0.2, 0.25) is 0 Å². The van der Waals surface area contributed by atoms with Crippen LogP contribution in [0.1, 0.15) is 5.56 Å². The molecule has 4 aromatic rings. The van der Waals surface area contributed by atoms with Gasteiger partial charge in [0.2, 0.25) is 0 Å². The van der Waals surface area contributed by atoms with E-state index in [2.05, 4.69) is 20.1 Å². The molecule has 0 fully saturated rings. The van der Waals surface area contributed by atoms with Gasteiger partial charge in [0.05, 0.1) is 6.21 Å². The Kier molecular flexibility index (Phi) is 4.28. The van der Waals surface area contributed by atoms with Crippen LogP contribution in [-0.4, -0.2) is 6.21 Å². The molecule has 154 valence electrons. The van der Waals surface area contributed by atoms with Gasteiger partial charge in [-0.05, 0) is 41.6 Å². The van der Waals surface area contributed by atoms with E-state index >= 15 is 0 Å². The van der Waals surface area contributed by atoms with Crippen molar-refractivity contribution in [2.45, 2.75) is 0 Å². The van der Waals surface area contributed by atoms with Gasteiger partial charge in [-0.25, -0.2) is 9.98 Å². The molecule has 7 heteroatoms. The van der Waals surface area contributed by atoms with Gasteiger partial charge < -0.3 is 9.47 Å². The van der Waals surface area contributed by atoms with E-state index in [9.17, 15) is 0 Å². The molecule has 0 aromatic heterocycles. The molecule has 0 saturated heterocycles. The third-order valence-corrected chi connectivity index (χ3v) is 4.97. The number of hydrogen-bond donors (Lipinski definition) is 0. The van der Waals surface area contributed by atoms with E-state index in [1.807, 2.05) is 84.9 Å². The van der Waals surface area contributed by atoms with Crippen LogP contribution >= 0.6 is 0 Å². The number of nitrogens with zero attached hydrogens (tertiary/aromatic N) is 3. The average molecular weight is 421 g/mol. The quantitative estimate of drug-likeness (QED) is 0.318. The Hall–Kier alpha value is -4.65.